The predicted molar refractivity (Wildman–Crippen MR) is 129 cm³/mol. The number of nitrogens with zero attached hydrogens (tertiary/aromatic N) is 1. The minimum Gasteiger partial charge on any atom is -0.207 e. The number of benzene rings is 2. The first-order valence-electron chi connectivity index (χ1n) is 11.3. The number of hydrogen-bond acceptors (Lipinski definition) is 2. The summed E-state index contributed by atoms with van der Waals surface area (Å²) in [6.45, 7) is 19.7. The van der Waals surface area contributed by atoms with Crippen LogP contribution in [0.1, 0.15) is 55.5 Å². The van der Waals surface area contributed by atoms with E-state index in [0.29, 0.717) is 11.4 Å². The Morgan fingerprint density at radius 1 is 1.06 bits per heavy atom. The van der Waals surface area contributed by atoms with E-state index in [-0.39, 0.29) is 29.2 Å². The summed E-state index contributed by atoms with van der Waals surface area (Å²) in [4.78, 5) is 0.475. The highest BCUT2D eigenvalue weighted by Gasteiger charge is 2.57. The molecule has 1 saturated heterocycles. The molecule has 0 N–H and O–H groups in total. The number of rotatable bonds is 3. The minimum atomic E-state index is -3.64. The molecule has 3 nitrogen and oxygen atoms in total. The summed E-state index contributed by atoms with van der Waals surface area (Å²) in [5.41, 5.74) is 6.19. The average molecular weight is 438 g/mol. The number of hydrogen-bond donors (Lipinski definition) is 0. The van der Waals surface area contributed by atoms with Crippen molar-refractivity contribution in [1.29, 1.82) is 0 Å². The molecular formula is C27H35NO2S. The van der Waals surface area contributed by atoms with Gasteiger partial charge in [0.25, 0.3) is 0 Å². The van der Waals surface area contributed by atoms with Crippen molar-refractivity contribution in [3.05, 3.63) is 70.8 Å². The maximum atomic E-state index is 14.1. The highest BCUT2D eigenvalue weighted by Crippen LogP contribution is 2.56. The van der Waals surface area contributed by atoms with Gasteiger partial charge in [-0.1, -0.05) is 76.2 Å². The third-order valence-electron chi connectivity index (χ3n) is 7.66. The van der Waals surface area contributed by atoms with Crippen molar-refractivity contribution in [2.75, 3.05) is 6.54 Å². The monoisotopic (exact) mass is 437 g/mol. The second-order valence-electron chi connectivity index (χ2n) is 10.5. The minimum absolute atomic E-state index is 0.102. The van der Waals surface area contributed by atoms with Crippen LogP contribution in [0.2, 0.25) is 0 Å². The van der Waals surface area contributed by atoms with E-state index in [1.54, 1.807) is 0 Å². The molecule has 1 heterocycles. The summed E-state index contributed by atoms with van der Waals surface area (Å²) in [5.74, 6) is 0.502. The molecular weight excluding hydrogens is 402 g/mol. The van der Waals surface area contributed by atoms with E-state index < -0.39 is 10.0 Å². The molecule has 166 valence electrons. The summed E-state index contributed by atoms with van der Waals surface area (Å²) >= 11 is 0. The highest BCUT2D eigenvalue weighted by atomic mass is 32.2. The molecule has 4 rings (SSSR count). The molecule has 2 aromatic rings. The van der Waals surface area contributed by atoms with E-state index in [2.05, 4.69) is 58.5 Å². The Morgan fingerprint density at radius 2 is 1.65 bits per heavy atom. The first kappa shape index (κ1) is 22.3. The predicted octanol–water partition coefficient (Wildman–Crippen LogP) is 5.88. The van der Waals surface area contributed by atoms with E-state index in [1.165, 1.54) is 11.1 Å². The Kier molecular flexibility index (Phi) is 5.26. The maximum absolute atomic E-state index is 14.1. The molecule has 2 aromatic carbocycles. The molecule has 4 heteroatoms. The second kappa shape index (κ2) is 7.31. The third-order valence-corrected chi connectivity index (χ3v) is 9.83. The Labute approximate surface area is 188 Å². The Bertz CT molecular complexity index is 1140. The lowest BCUT2D eigenvalue weighted by Crippen LogP contribution is -2.43. The van der Waals surface area contributed by atoms with E-state index in [9.17, 15) is 8.42 Å². The normalized spacial score (nSPS) is 25.5. The van der Waals surface area contributed by atoms with Crippen molar-refractivity contribution >= 4 is 15.6 Å². The standard InChI is InChI=1S/C27H35NO2S/c1-16(2)25-24-20(6)21-11-9-10-12-22(21)27(7,8)23(24)15-28(25)31(29,30)26-18(4)13-17(3)14-19(26)5/h9-14,16,23-25H,6,15H2,1-5,7-8H3/t23-,24+,25-/m0/s1. The third kappa shape index (κ3) is 3.22. The van der Waals surface area contributed by atoms with Crippen LogP contribution < -0.4 is 0 Å². The molecule has 1 aliphatic heterocycles. The Morgan fingerprint density at radius 3 is 2.23 bits per heavy atom. The van der Waals surface area contributed by atoms with Gasteiger partial charge in [-0.3, -0.25) is 0 Å². The Balaban J connectivity index is 1.89. The molecule has 0 spiro atoms. The number of fused-ring (bicyclic) bond motifs is 2. The zero-order chi connectivity index (χ0) is 22.9. The van der Waals surface area contributed by atoms with Crippen LogP contribution in [-0.4, -0.2) is 25.3 Å². The van der Waals surface area contributed by atoms with Crippen LogP contribution in [0.3, 0.4) is 0 Å². The fourth-order valence-electron chi connectivity index (χ4n) is 6.37. The van der Waals surface area contributed by atoms with Crippen molar-refractivity contribution in [2.45, 2.75) is 64.8 Å². The number of aryl methyl sites for hydroxylation is 3. The molecule has 0 saturated carbocycles. The topological polar surface area (TPSA) is 37.4 Å². The molecule has 0 amide bonds. The van der Waals surface area contributed by atoms with Gasteiger partial charge in [-0.2, -0.15) is 4.31 Å². The van der Waals surface area contributed by atoms with Crippen molar-refractivity contribution in [1.82, 2.24) is 4.31 Å². The van der Waals surface area contributed by atoms with Crippen LogP contribution in [0.4, 0.5) is 0 Å². The van der Waals surface area contributed by atoms with Crippen molar-refractivity contribution in [2.24, 2.45) is 17.8 Å². The lowest BCUT2D eigenvalue weighted by Gasteiger charge is -2.44. The lowest BCUT2D eigenvalue weighted by atomic mass is 9.59. The van der Waals surface area contributed by atoms with Gasteiger partial charge >= 0.3 is 0 Å². The van der Waals surface area contributed by atoms with Gasteiger partial charge in [-0.05, 0) is 65.8 Å². The van der Waals surface area contributed by atoms with Gasteiger partial charge in [0, 0.05) is 18.5 Å². The lowest BCUT2D eigenvalue weighted by molar-refractivity contribution is 0.257. The smallest absolute Gasteiger partial charge is 0.207 e. The van der Waals surface area contributed by atoms with Gasteiger partial charge in [0.15, 0.2) is 0 Å². The molecule has 1 fully saturated rings. The molecule has 0 radical (unpaired) electrons. The summed E-state index contributed by atoms with van der Waals surface area (Å²) in [6, 6.07) is 12.3. The summed E-state index contributed by atoms with van der Waals surface area (Å²) in [5, 5.41) is 0. The van der Waals surface area contributed by atoms with Crippen molar-refractivity contribution < 1.29 is 8.42 Å². The average Bonchev–Trinajstić information content (AvgIpc) is 3.08. The maximum Gasteiger partial charge on any atom is 0.243 e. The zero-order valence-electron chi connectivity index (χ0n) is 19.9. The summed E-state index contributed by atoms with van der Waals surface area (Å²) in [7, 11) is -3.64. The molecule has 0 unspecified atom stereocenters. The zero-order valence-corrected chi connectivity index (χ0v) is 20.7. The van der Waals surface area contributed by atoms with Gasteiger partial charge in [0.05, 0.1) is 4.90 Å². The fourth-order valence-corrected chi connectivity index (χ4v) is 8.59. The SMILES string of the molecule is C=C1c2ccccc2C(C)(C)[C@H]2CN(S(=O)(=O)c3c(C)cc(C)cc3C)[C@@H](C(C)C)[C@H]12. The Hall–Kier alpha value is -1.91. The second-order valence-corrected chi connectivity index (χ2v) is 12.3. The summed E-state index contributed by atoms with van der Waals surface area (Å²) in [6.07, 6.45) is 0. The first-order chi connectivity index (χ1) is 14.4. The van der Waals surface area contributed by atoms with Gasteiger partial charge < -0.3 is 0 Å². The first-order valence-corrected chi connectivity index (χ1v) is 12.7. The van der Waals surface area contributed by atoms with Crippen LogP contribution in [-0.2, 0) is 15.4 Å². The van der Waals surface area contributed by atoms with Crippen molar-refractivity contribution in [3.8, 4) is 0 Å². The van der Waals surface area contributed by atoms with Crippen LogP contribution in [0.25, 0.3) is 5.57 Å². The van der Waals surface area contributed by atoms with Gasteiger partial charge in [-0.25, -0.2) is 8.42 Å². The summed E-state index contributed by atoms with van der Waals surface area (Å²) < 4.78 is 30.1. The van der Waals surface area contributed by atoms with Crippen LogP contribution in [0.5, 0.6) is 0 Å². The molecule has 3 atom stereocenters. The molecule has 0 bridgehead atoms. The van der Waals surface area contributed by atoms with Crippen molar-refractivity contribution in [3.63, 3.8) is 0 Å². The highest BCUT2D eigenvalue weighted by molar-refractivity contribution is 7.89. The molecule has 0 aromatic heterocycles. The molecule has 2 aliphatic rings. The van der Waals surface area contributed by atoms with Crippen LogP contribution >= 0.6 is 0 Å². The van der Waals surface area contributed by atoms with E-state index in [1.807, 2.05) is 37.2 Å². The van der Waals surface area contributed by atoms with E-state index in [0.717, 1.165) is 22.3 Å². The number of sulfonamides is 1. The van der Waals surface area contributed by atoms with E-state index >= 15 is 0 Å². The molecule has 31 heavy (non-hydrogen) atoms. The van der Waals surface area contributed by atoms with Crippen LogP contribution in [0.15, 0.2) is 47.9 Å². The fraction of sp³-hybridized carbons (Fsp3) is 0.481. The van der Waals surface area contributed by atoms with Gasteiger partial charge in [0.1, 0.15) is 0 Å². The van der Waals surface area contributed by atoms with Crippen LogP contribution in [0, 0.1) is 38.5 Å². The van der Waals surface area contributed by atoms with Gasteiger partial charge in [0.2, 0.25) is 10.0 Å². The quantitative estimate of drug-likeness (QED) is 0.601. The van der Waals surface area contributed by atoms with E-state index in [4.69, 9.17) is 0 Å². The largest absolute Gasteiger partial charge is 0.243 e. The van der Waals surface area contributed by atoms with Gasteiger partial charge in [-0.15, -0.1) is 0 Å². The molecule has 1 aliphatic carbocycles.